The van der Waals surface area contributed by atoms with Crippen molar-refractivity contribution < 1.29 is 13.2 Å². The van der Waals surface area contributed by atoms with E-state index in [9.17, 15) is 13.2 Å². The van der Waals surface area contributed by atoms with Crippen LogP contribution in [0.4, 0.5) is 0 Å². The first kappa shape index (κ1) is 18.9. The molecule has 1 heterocycles. The summed E-state index contributed by atoms with van der Waals surface area (Å²) in [7, 11) is -3.16. The van der Waals surface area contributed by atoms with Crippen molar-refractivity contribution in [3.63, 3.8) is 0 Å². The van der Waals surface area contributed by atoms with Gasteiger partial charge in [0.1, 0.15) is 0 Å². The smallest absolute Gasteiger partial charge is 0.220 e. The molecular weight excluding hydrogens is 324 g/mol. The fourth-order valence-corrected chi connectivity index (χ4v) is 3.07. The molecule has 1 fully saturated rings. The number of halogens is 1. The van der Waals surface area contributed by atoms with Gasteiger partial charge in [-0.05, 0) is 49.5 Å². The molecule has 0 bridgehead atoms. The van der Waals surface area contributed by atoms with Crippen LogP contribution in [0.5, 0.6) is 0 Å². The monoisotopic (exact) mass is 346 g/mol. The molecule has 1 aliphatic heterocycles. The molecule has 0 aliphatic carbocycles. The van der Waals surface area contributed by atoms with Gasteiger partial charge in [-0.3, -0.25) is 4.79 Å². The van der Waals surface area contributed by atoms with E-state index in [-0.39, 0.29) is 18.3 Å². The van der Waals surface area contributed by atoms with E-state index in [0.717, 1.165) is 31.5 Å². The Bertz CT molecular complexity index is 581. The third-order valence-electron chi connectivity index (χ3n) is 3.78. The molecule has 0 radical (unpaired) electrons. The maximum absolute atomic E-state index is 11.8. The van der Waals surface area contributed by atoms with Crippen LogP contribution < -0.4 is 10.6 Å². The Hall–Kier alpha value is -1.11. The molecule has 1 aromatic carbocycles. The Morgan fingerprint density at radius 1 is 1.32 bits per heavy atom. The minimum atomic E-state index is -3.16. The summed E-state index contributed by atoms with van der Waals surface area (Å²) in [4.78, 5) is 12.1. The molecule has 7 heteroatoms. The first-order valence-corrected chi connectivity index (χ1v) is 9.11. The number of benzene rings is 1. The molecule has 0 aromatic heterocycles. The zero-order chi connectivity index (χ0) is 15.3. The number of hydrogen-bond acceptors (Lipinski definition) is 4. The third-order valence-corrected chi connectivity index (χ3v) is 4.91. The normalized spacial score (nSPS) is 17.8. The standard InChI is InChI=1S/C15H22N2O3S.ClH/c1-21(19,20)14-5-2-12(3-6-14)11-17-15(18)7-4-13-8-9-16-10-13;/h2-3,5-6,13,16H,4,7-11H2,1H3,(H,17,18);1H. The predicted octanol–water partition coefficient (Wildman–Crippen LogP) is 1.52. The van der Waals surface area contributed by atoms with Crippen LogP contribution in [0.1, 0.15) is 24.8 Å². The van der Waals surface area contributed by atoms with E-state index < -0.39 is 9.84 Å². The van der Waals surface area contributed by atoms with Crippen LogP contribution in [-0.2, 0) is 21.2 Å². The lowest BCUT2D eigenvalue weighted by Gasteiger charge is -2.09. The molecule has 1 unspecified atom stereocenters. The minimum Gasteiger partial charge on any atom is -0.352 e. The summed E-state index contributed by atoms with van der Waals surface area (Å²) in [6.45, 7) is 2.50. The van der Waals surface area contributed by atoms with Gasteiger partial charge in [-0.15, -0.1) is 12.4 Å². The first-order valence-electron chi connectivity index (χ1n) is 7.21. The molecule has 124 valence electrons. The van der Waals surface area contributed by atoms with Crippen LogP contribution >= 0.6 is 12.4 Å². The van der Waals surface area contributed by atoms with Crippen LogP contribution in [0.15, 0.2) is 29.2 Å². The van der Waals surface area contributed by atoms with Gasteiger partial charge in [-0.25, -0.2) is 8.42 Å². The van der Waals surface area contributed by atoms with Gasteiger partial charge in [-0.1, -0.05) is 12.1 Å². The molecule has 1 atom stereocenters. The Kier molecular flexibility index (Phi) is 7.32. The highest BCUT2D eigenvalue weighted by Gasteiger charge is 2.15. The second-order valence-corrected chi connectivity index (χ2v) is 7.61. The van der Waals surface area contributed by atoms with E-state index in [1.54, 1.807) is 24.3 Å². The van der Waals surface area contributed by atoms with Crippen molar-refractivity contribution in [2.45, 2.75) is 30.7 Å². The maximum atomic E-state index is 11.8. The number of hydrogen-bond donors (Lipinski definition) is 2. The number of amides is 1. The molecule has 22 heavy (non-hydrogen) atoms. The molecule has 1 saturated heterocycles. The number of rotatable bonds is 6. The summed E-state index contributed by atoms with van der Waals surface area (Å²) < 4.78 is 22.7. The van der Waals surface area contributed by atoms with Crippen molar-refractivity contribution in [2.24, 2.45) is 5.92 Å². The zero-order valence-electron chi connectivity index (χ0n) is 12.7. The fraction of sp³-hybridized carbons (Fsp3) is 0.533. The van der Waals surface area contributed by atoms with Crippen LogP contribution in [0.25, 0.3) is 0 Å². The quantitative estimate of drug-likeness (QED) is 0.819. The summed E-state index contributed by atoms with van der Waals surface area (Å²) in [6.07, 6.45) is 3.81. The van der Waals surface area contributed by atoms with Crippen LogP contribution in [0.2, 0.25) is 0 Å². The predicted molar refractivity (Wildman–Crippen MR) is 88.9 cm³/mol. The van der Waals surface area contributed by atoms with Gasteiger partial charge in [-0.2, -0.15) is 0 Å². The van der Waals surface area contributed by atoms with E-state index in [4.69, 9.17) is 0 Å². The lowest BCUT2D eigenvalue weighted by molar-refractivity contribution is -0.121. The molecule has 1 amide bonds. The molecule has 2 N–H and O–H groups in total. The van der Waals surface area contributed by atoms with Gasteiger partial charge >= 0.3 is 0 Å². The van der Waals surface area contributed by atoms with Crippen LogP contribution in [0.3, 0.4) is 0 Å². The zero-order valence-corrected chi connectivity index (χ0v) is 14.3. The number of carbonyl (C=O) groups excluding carboxylic acids is 1. The SMILES string of the molecule is CS(=O)(=O)c1ccc(CNC(=O)CCC2CCNC2)cc1.Cl. The van der Waals surface area contributed by atoms with Crippen LogP contribution in [-0.4, -0.2) is 33.7 Å². The number of sulfone groups is 1. The Morgan fingerprint density at radius 3 is 2.55 bits per heavy atom. The van der Waals surface area contributed by atoms with Gasteiger partial charge in [0.15, 0.2) is 9.84 Å². The average Bonchev–Trinajstić information content (AvgIpc) is 2.95. The first-order chi connectivity index (χ1) is 9.95. The molecule has 1 aromatic rings. The largest absolute Gasteiger partial charge is 0.352 e. The highest BCUT2D eigenvalue weighted by atomic mass is 35.5. The third kappa shape index (κ3) is 5.94. The summed E-state index contributed by atoms with van der Waals surface area (Å²) in [5.74, 6) is 0.666. The summed E-state index contributed by atoms with van der Waals surface area (Å²) in [6, 6.07) is 6.61. The highest BCUT2D eigenvalue weighted by molar-refractivity contribution is 7.90. The minimum absolute atomic E-state index is 0. The molecule has 5 nitrogen and oxygen atoms in total. The van der Waals surface area contributed by atoms with Crippen molar-refractivity contribution in [1.29, 1.82) is 0 Å². The topological polar surface area (TPSA) is 75.3 Å². The summed E-state index contributed by atoms with van der Waals surface area (Å²) in [5.41, 5.74) is 0.901. The van der Waals surface area contributed by atoms with Crippen LogP contribution in [0, 0.1) is 5.92 Å². The van der Waals surface area contributed by atoms with Crippen molar-refractivity contribution in [3.05, 3.63) is 29.8 Å². The Labute approximate surface area is 138 Å². The van der Waals surface area contributed by atoms with Gasteiger partial charge in [0.05, 0.1) is 4.90 Å². The summed E-state index contributed by atoms with van der Waals surface area (Å²) in [5, 5.41) is 6.16. The van der Waals surface area contributed by atoms with E-state index >= 15 is 0 Å². The number of nitrogens with one attached hydrogen (secondary N) is 2. The van der Waals surface area contributed by atoms with Crippen molar-refractivity contribution in [1.82, 2.24) is 10.6 Å². The lowest BCUT2D eigenvalue weighted by atomic mass is 10.0. The molecular formula is C15H23ClN2O3S. The molecule has 2 rings (SSSR count). The van der Waals surface area contributed by atoms with E-state index in [1.165, 1.54) is 6.26 Å². The number of carbonyl (C=O) groups is 1. The molecule has 1 aliphatic rings. The van der Waals surface area contributed by atoms with Crippen molar-refractivity contribution in [3.8, 4) is 0 Å². The second kappa shape index (κ2) is 8.50. The van der Waals surface area contributed by atoms with Crippen molar-refractivity contribution in [2.75, 3.05) is 19.3 Å². The maximum Gasteiger partial charge on any atom is 0.220 e. The Balaban J connectivity index is 0.00000242. The van der Waals surface area contributed by atoms with Gasteiger partial charge in [0.2, 0.25) is 5.91 Å². The Morgan fingerprint density at radius 2 is 2.00 bits per heavy atom. The summed E-state index contributed by atoms with van der Waals surface area (Å²) >= 11 is 0. The van der Waals surface area contributed by atoms with Crippen molar-refractivity contribution >= 4 is 28.2 Å². The van der Waals surface area contributed by atoms with E-state index in [2.05, 4.69) is 10.6 Å². The van der Waals surface area contributed by atoms with E-state index in [1.807, 2.05) is 0 Å². The average molecular weight is 347 g/mol. The van der Waals surface area contributed by atoms with Gasteiger partial charge in [0, 0.05) is 19.2 Å². The van der Waals surface area contributed by atoms with Gasteiger partial charge in [0.25, 0.3) is 0 Å². The molecule has 0 saturated carbocycles. The molecule has 0 spiro atoms. The lowest BCUT2D eigenvalue weighted by Crippen LogP contribution is -2.23. The fourth-order valence-electron chi connectivity index (χ4n) is 2.44. The second-order valence-electron chi connectivity index (χ2n) is 5.59. The highest BCUT2D eigenvalue weighted by Crippen LogP contribution is 2.14. The van der Waals surface area contributed by atoms with Gasteiger partial charge < -0.3 is 10.6 Å². The van der Waals surface area contributed by atoms with E-state index in [0.29, 0.717) is 23.8 Å².